The van der Waals surface area contributed by atoms with Gasteiger partial charge in [0.15, 0.2) is 0 Å². The molecular formula is C22H22N6OS2. The number of nitrogens with one attached hydrogen (secondary N) is 2. The molecule has 1 aromatic carbocycles. The van der Waals surface area contributed by atoms with Gasteiger partial charge in [0.1, 0.15) is 17.0 Å². The Hall–Kier alpha value is -3.04. The number of hydrogen-bond donors (Lipinski definition) is 2. The van der Waals surface area contributed by atoms with Crippen LogP contribution in [0, 0.1) is 0 Å². The Morgan fingerprint density at radius 2 is 2.10 bits per heavy atom. The van der Waals surface area contributed by atoms with Gasteiger partial charge in [0, 0.05) is 29.7 Å². The van der Waals surface area contributed by atoms with Crippen molar-refractivity contribution < 1.29 is 4.79 Å². The smallest absolute Gasteiger partial charge is 0.317 e. The average Bonchev–Trinajstić information content (AvgIpc) is 3.40. The van der Waals surface area contributed by atoms with Gasteiger partial charge in [0.05, 0.1) is 21.1 Å². The van der Waals surface area contributed by atoms with Crippen LogP contribution < -0.4 is 10.6 Å². The summed E-state index contributed by atoms with van der Waals surface area (Å²) in [5, 5.41) is 7.38. The maximum atomic E-state index is 12.2. The molecule has 0 saturated heterocycles. The van der Waals surface area contributed by atoms with Gasteiger partial charge in [-0.25, -0.2) is 19.7 Å². The molecule has 0 aliphatic carbocycles. The Balaban J connectivity index is 1.38. The first-order chi connectivity index (χ1) is 15.1. The normalized spacial score (nSPS) is 14.3. The van der Waals surface area contributed by atoms with Gasteiger partial charge in [0.2, 0.25) is 0 Å². The number of carbonyl (C=O) groups is 1. The van der Waals surface area contributed by atoms with Gasteiger partial charge in [-0.3, -0.25) is 0 Å². The summed E-state index contributed by atoms with van der Waals surface area (Å²) in [5.41, 5.74) is 5.04. The van der Waals surface area contributed by atoms with Crippen molar-refractivity contribution >= 4 is 66.2 Å². The third-order valence-electron chi connectivity index (χ3n) is 5.15. The van der Waals surface area contributed by atoms with Crippen LogP contribution in [0.15, 0.2) is 42.2 Å². The lowest BCUT2D eigenvalue weighted by Gasteiger charge is -2.27. The molecule has 0 bridgehead atoms. The number of hydrogen-bond acceptors (Lipinski definition) is 7. The van der Waals surface area contributed by atoms with Crippen molar-refractivity contribution in [3.63, 3.8) is 0 Å². The van der Waals surface area contributed by atoms with Crippen LogP contribution in [0.5, 0.6) is 0 Å². The number of amides is 2. The van der Waals surface area contributed by atoms with Gasteiger partial charge >= 0.3 is 6.03 Å². The molecule has 4 heterocycles. The molecule has 31 heavy (non-hydrogen) atoms. The maximum Gasteiger partial charge on any atom is 0.317 e. The van der Waals surface area contributed by atoms with Crippen LogP contribution in [0.25, 0.3) is 26.0 Å². The number of anilines is 2. The van der Waals surface area contributed by atoms with E-state index >= 15 is 0 Å². The van der Waals surface area contributed by atoms with Crippen LogP contribution in [-0.4, -0.2) is 45.0 Å². The summed E-state index contributed by atoms with van der Waals surface area (Å²) in [6, 6.07) is 8.44. The molecule has 1 aliphatic heterocycles. The van der Waals surface area contributed by atoms with Gasteiger partial charge < -0.3 is 15.5 Å². The van der Waals surface area contributed by atoms with E-state index in [9.17, 15) is 4.79 Å². The minimum absolute atomic E-state index is 0.00363. The summed E-state index contributed by atoms with van der Waals surface area (Å²) in [4.78, 5) is 29.5. The topological polar surface area (TPSA) is 83.0 Å². The molecule has 2 N–H and O–H groups in total. The van der Waals surface area contributed by atoms with Crippen molar-refractivity contribution in [3.8, 4) is 0 Å². The third kappa shape index (κ3) is 4.11. The van der Waals surface area contributed by atoms with Gasteiger partial charge in [-0.05, 0) is 50.1 Å². The molecule has 0 saturated carbocycles. The van der Waals surface area contributed by atoms with E-state index < -0.39 is 0 Å². The van der Waals surface area contributed by atoms with E-state index in [-0.39, 0.29) is 12.1 Å². The molecular weight excluding hydrogens is 428 g/mol. The quantitative estimate of drug-likeness (QED) is 0.444. The summed E-state index contributed by atoms with van der Waals surface area (Å²) < 4.78 is 1.16. The highest BCUT2D eigenvalue weighted by Crippen LogP contribution is 2.36. The van der Waals surface area contributed by atoms with E-state index in [2.05, 4.69) is 43.8 Å². The van der Waals surface area contributed by atoms with Crippen molar-refractivity contribution in [2.45, 2.75) is 26.3 Å². The lowest BCUT2D eigenvalue weighted by atomic mass is 10.1. The number of benzene rings is 1. The zero-order valence-corrected chi connectivity index (χ0v) is 18.9. The molecule has 0 radical (unpaired) electrons. The third-order valence-corrected chi connectivity index (χ3v) is 7.08. The van der Waals surface area contributed by atoms with Gasteiger partial charge in [-0.2, -0.15) is 0 Å². The molecule has 2 amide bonds. The van der Waals surface area contributed by atoms with Gasteiger partial charge in [-0.15, -0.1) is 22.7 Å². The van der Waals surface area contributed by atoms with Crippen LogP contribution in [0.3, 0.4) is 0 Å². The average molecular weight is 451 g/mol. The van der Waals surface area contributed by atoms with Crippen LogP contribution >= 0.6 is 22.7 Å². The summed E-state index contributed by atoms with van der Waals surface area (Å²) in [7, 11) is 0. The molecule has 1 aliphatic rings. The van der Waals surface area contributed by atoms with E-state index in [4.69, 9.17) is 0 Å². The second-order valence-electron chi connectivity index (χ2n) is 7.74. The Morgan fingerprint density at radius 3 is 2.90 bits per heavy atom. The van der Waals surface area contributed by atoms with Gasteiger partial charge in [-0.1, -0.05) is 6.08 Å². The molecule has 4 aromatic rings. The second-order valence-corrected chi connectivity index (χ2v) is 9.66. The SMILES string of the molecule is CC(C)NC(=O)N1CC=C(c2cc3c(Nc4ccc5scnc5c4)ncnc3s2)CC1. The summed E-state index contributed by atoms with van der Waals surface area (Å²) >= 11 is 3.29. The monoisotopic (exact) mass is 450 g/mol. The van der Waals surface area contributed by atoms with Crippen LogP contribution in [0.1, 0.15) is 25.1 Å². The molecule has 0 atom stereocenters. The summed E-state index contributed by atoms with van der Waals surface area (Å²) in [6.07, 6.45) is 4.57. The van der Waals surface area contributed by atoms with Crippen molar-refractivity contribution in [2.24, 2.45) is 0 Å². The highest BCUT2D eigenvalue weighted by molar-refractivity contribution is 7.19. The predicted octanol–water partition coefficient (Wildman–Crippen LogP) is 5.25. The largest absolute Gasteiger partial charge is 0.340 e. The standard InChI is InChI=1S/C22H22N6OS2/c1-13(2)26-22(29)28-7-5-14(6-8-28)19-10-16-20(23-11-24-21(16)31-19)27-15-3-4-18-17(9-15)25-12-30-18/h3-5,9-13H,6-8H2,1-2H3,(H,26,29)(H,23,24,27). The minimum atomic E-state index is -0.00363. The Bertz CT molecular complexity index is 1290. The minimum Gasteiger partial charge on any atom is -0.340 e. The predicted molar refractivity (Wildman–Crippen MR) is 128 cm³/mol. The molecule has 0 fully saturated rings. The number of thiazole rings is 1. The van der Waals surface area contributed by atoms with Crippen molar-refractivity contribution in [2.75, 3.05) is 18.4 Å². The summed E-state index contributed by atoms with van der Waals surface area (Å²) in [5.74, 6) is 0.788. The first-order valence-electron chi connectivity index (χ1n) is 10.2. The van der Waals surface area contributed by atoms with Crippen LogP contribution in [0.4, 0.5) is 16.3 Å². The first kappa shape index (κ1) is 19.9. The fourth-order valence-corrected chi connectivity index (χ4v) is 5.33. The Labute approximate surface area is 187 Å². The Kier molecular flexibility index (Phi) is 5.29. The number of nitrogens with zero attached hydrogens (tertiary/aromatic N) is 4. The van der Waals surface area contributed by atoms with Crippen LogP contribution in [-0.2, 0) is 0 Å². The molecule has 0 spiro atoms. The van der Waals surface area contributed by atoms with Gasteiger partial charge in [0.25, 0.3) is 0 Å². The lowest BCUT2D eigenvalue weighted by molar-refractivity contribution is 0.200. The van der Waals surface area contributed by atoms with E-state index in [0.717, 1.165) is 38.4 Å². The highest BCUT2D eigenvalue weighted by Gasteiger charge is 2.20. The number of urea groups is 1. The molecule has 158 valence electrons. The molecule has 5 rings (SSSR count). The van der Waals surface area contributed by atoms with E-state index in [1.807, 2.05) is 36.4 Å². The van der Waals surface area contributed by atoms with E-state index in [0.29, 0.717) is 13.1 Å². The lowest BCUT2D eigenvalue weighted by Crippen LogP contribution is -2.44. The van der Waals surface area contributed by atoms with Crippen molar-refractivity contribution in [1.82, 2.24) is 25.2 Å². The van der Waals surface area contributed by atoms with Crippen molar-refractivity contribution in [3.05, 3.63) is 47.1 Å². The van der Waals surface area contributed by atoms with E-state index in [1.54, 1.807) is 29.0 Å². The van der Waals surface area contributed by atoms with E-state index in [1.165, 1.54) is 10.5 Å². The first-order valence-corrected chi connectivity index (χ1v) is 11.9. The number of rotatable bonds is 4. The summed E-state index contributed by atoms with van der Waals surface area (Å²) in [6.45, 7) is 5.28. The zero-order valence-electron chi connectivity index (χ0n) is 17.3. The molecule has 0 unspecified atom stereocenters. The number of fused-ring (bicyclic) bond motifs is 2. The number of thiophene rings is 1. The molecule has 9 heteroatoms. The zero-order chi connectivity index (χ0) is 21.4. The van der Waals surface area contributed by atoms with Crippen LogP contribution in [0.2, 0.25) is 0 Å². The number of carbonyl (C=O) groups excluding carboxylic acids is 1. The highest BCUT2D eigenvalue weighted by atomic mass is 32.1. The fraction of sp³-hybridized carbons (Fsp3) is 0.273. The second kappa shape index (κ2) is 8.24. The molecule has 7 nitrogen and oxygen atoms in total. The number of aromatic nitrogens is 3. The molecule has 3 aromatic heterocycles. The Morgan fingerprint density at radius 1 is 1.19 bits per heavy atom. The fourth-order valence-electron chi connectivity index (χ4n) is 3.60. The van der Waals surface area contributed by atoms with Crippen molar-refractivity contribution in [1.29, 1.82) is 0 Å². The maximum absolute atomic E-state index is 12.2.